The molecule has 0 bridgehead atoms. The highest BCUT2D eigenvalue weighted by Gasteiger charge is 2.29. The Balaban J connectivity index is 2.00. The van der Waals surface area contributed by atoms with Crippen molar-refractivity contribution in [3.8, 4) is 0 Å². The quantitative estimate of drug-likeness (QED) is 0.570. The van der Waals surface area contributed by atoms with Crippen LogP contribution in [0.2, 0.25) is 0 Å². The van der Waals surface area contributed by atoms with Crippen molar-refractivity contribution in [1.82, 2.24) is 10.6 Å². The molecule has 1 rings (SSSR count). The van der Waals surface area contributed by atoms with Gasteiger partial charge in [-0.05, 0) is 32.1 Å². The summed E-state index contributed by atoms with van der Waals surface area (Å²) in [6, 6.07) is 0.229. The molecule has 2 unspecified atom stereocenters. The van der Waals surface area contributed by atoms with E-state index in [1.54, 1.807) is 0 Å². The van der Waals surface area contributed by atoms with Crippen LogP contribution in [-0.2, 0) is 4.79 Å². The molecule has 15 heavy (non-hydrogen) atoms. The summed E-state index contributed by atoms with van der Waals surface area (Å²) in [5.74, 6) is 0.475. The lowest BCUT2D eigenvalue weighted by Gasteiger charge is -2.13. The first-order valence-electron chi connectivity index (χ1n) is 5.81. The van der Waals surface area contributed by atoms with Crippen LogP contribution in [0.1, 0.15) is 33.1 Å². The molecule has 0 radical (unpaired) electrons. The minimum atomic E-state index is -0.276. The molecule has 0 aromatic rings. The highest BCUT2D eigenvalue weighted by atomic mass is 16.3. The lowest BCUT2D eigenvalue weighted by Crippen LogP contribution is -2.41. The van der Waals surface area contributed by atoms with Crippen molar-refractivity contribution in [2.45, 2.75) is 45.3 Å². The van der Waals surface area contributed by atoms with E-state index in [1.165, 1.54) is 0 Å². The summed E-state index contributed by atoms with van der Waals surface area (Å²) in [5.41, 5.74) is 0. The summed E-state index contributed by atoms with van der Waals surface area (Å²) < 4.78 is 0. The molecular formula is C11H22N2O2. The Morgan fingerprint density at radius 1 is 1.53 bits per heavy atom. The van der Waals surface area contributed by atoms with E-state index >= 15 is 0 Å². The third-order valence-corrected chi connectivity index (χ3v) is 2.82. The smallest absolute Gasteiger partial charge is 0.234 e. The molecule has 0 aliphatic heterocycles. The van der Waals surface area contributed by atoms with Gasteiger partial charge in [-0.2, -0.15) is 0 Å². The third kappa shape index (κ3) is 5.14. The average Bonchev–Trinajstić information content (AvgIpc) is 3.00. The van der Waals surface area contributed by atoms with Crippen LogP contribution in [0.25, 0.3) is 0 Å². The van der Waals surface area contributed by atoms with Crippen LogP contribution >= 0.6 is 0 Å². The Morgan fingerprint density at radius 2 is 2.20 bits per heavy atom. The van der Waals surface area contributed by atoms with Crippen molar-refractivity contribution in [2.75, 3.05) is 13.1 Å². The number of aliphatic hydroxyl groups is 1. The highest BCUT2D eigenvalue weighted by Crippen LogP contribution is 2.32. The fourth-order valence-corrected chi connectivity index (χ4v) is 1.41. The van der Waals surface area contributed by atoms with Gasteiger partial charge in [-0.1, -0.05) is 6.92 Å². The molecule has 2 atom stereocenters. The molecule has 0 heterocycles. The Morgan fingerprint density at radius 3 is 2.73 bits per heavy atom. The first-order valence-corrected chi connectivity index (χ1v) is 5.81. The van der Waals surface area contributed by atoms with Gasteiger partial charge in [0.2, 0.25) is 5.91 Å². The summed E-state index contributed by atoms with van der Waals surface area (Å²) in [6.07, 6.45) is 2.92. The molecule has 1 fully saturated rings. The average molecular weight is 214 g/mol. The van der Waals surface area contributed by atoms with E-state index in [-0.39, 0.29) is 18.1 Å². The third-order valence-electron chi connectivity index (χ3n) is 2.82. The van der Waals surface area contributed by atoms with Crippen molar-refractivity contribution in [3.63, 3.8) is 0 Å². The highest BCUT2D eigenvalue weighted by molar-refractivity contribution is 5.78. The number of amides is 1. The predicted octanol–water partition coefficient (Wildman–Crippen LogP) is 0.262. The van der Waals surface area contributed by atoms with Crippen LogP contribution in [0, 0.1) is 5.92 Å². The van der Waals surface area contributed by atoms with Crippen molar-refractivity contribution in [1.29, 1.82) is 0 Å². The molecule has 1 amide bonds. The molecule has 4 nitrogen and oxygen atoms in total. The molecule has 1 aliphatic carbocycles. The molecule has 3 N–H and O–H groups in total. The lowest BCUT2D eigenvalue weighted by molar-refractivity contribution is -0.120. The minimum absolute atomic E-state index is 0.00680. The van der Waals surface area contributed by atoms with Crippen LogP contribution in [0.3, 0.4) is 0 Å². The molecule has 0 spiro atoms. The van der Waals surface area contributed by atoms with Crippen molar-refractivity contribution >= 4 is 5.91 Å². The zero-order chi connectivity index (χ0) is 11.3. The molecular weight excluding hydrogens is 192 g/mol. The first kappa shape index (κ1) is 12.5. The van der Waals surface area contributed by atoms with Crippen LogP contribution in [-0.4, -0.2) is 36.2 Å². The van der Waals surface area contributed by atoms with Crippen LogP contribution < -0.4 is 10.6 Å². The van der Waals surface area contributed by atoms with Gasteiger partial charge in [-0.3, -0.25) is 4.79 Å². The van der Waals surface area contributed by atoms with Gasteiger partial charge in [0.1, 0.15) is 0 Å². The van der Waals surface area contributed by atoms with Gasteiger partial charge < -0.3 is 15.7 Å². The Bertz CT molecular complexity index is 205. The molecule has 0 aromatic heterocycles. The fraction of sp³-hybridized carbons (Fsp3) is 0.909. The Kier molecular flexibility index (Phi) is 5.05. The Hall–Kier alpha value is -0.610. The predicted molar refractivity (Wildman–Crippen MR) is 59.5 cm³/mol. The molecule has 88 valence electrons. The lowest BCUT2D eigenvalue weighted by atomic mass is 10.2. The number of carbonyl (C=O) groups excluding carboxylic acids is 1. The zero-order valence-corrected chi connectivity index (χ0v) is 9.62. The monoisotopic (exact) mass is 214 g/mol. The van der Waals surface area contributed by atoms with Crippen LogP contribution in [0.4, 0.5) is 0 Å². The zero-order valence-electron chi connectivity index (χ0n) is 9.62. The van der Waals surface area contributed by atoms with Crippen LogP contribution in [0.15, 0.2) is 0 Å². The van der Waals surface area contributed by atoms with Gasteiger partial charge in [-0.15, -0.1) is 0 Å². The standard InChI is InChI=1S/C11H22N2O2/c1-3-8(2)13-11(15)7-12-6-10(14)9-4-5-9/h8-10,12,14H,3-7H2,1-2H3,(H,13,15). The summed E-state index contributed by atoms with van der Waals surface area (Å²) in [6.45, 7) is 4.85. The largest absolute Gasteiger partial charge is 0.392 e. The Labute approximate surface area is 91.4 Å². The van der Waals surface area contributed by atoms with E-state index in [0.717, 1.165) is 19.3 Å². The van der Waals surface area contributed by atoms with Gasteiger partial charge in [0.25, 0.3) is 0 Å². The van der Waals surface area contributed by atoms with Crippen LogP contribution in [0.5, 0.6) is 0 Å². The first-order chi connectivity index (χ1) is 7.13. The van der Waals surface area contributed by atoms with E-state index < -0.39 is 0 Å². The minimum Gasteiger partial charge on any atom is -0.392 e. The van der Waals surface area contributed by atoms with Crippen molar-refractivity contribution in [3.05, 3.63) is 0 Å². The van der Waals surface area contributed by atoms with Gasteiger partial charge in [-0.25, -0.2) is 0 Å². The number of hydrogen-bond acceptors (Lipinski definition) is 3. The molecule has 4 heteroatoms. The summed E-state index contributed by atoms with van der Waals surface area (Å²) in [4.78, 5) is 11.3. The summed E-state index contributed by atoms with van der Waals surface area (Å²) in [7, 11) is 0. The normalized spacial score (nSPS) is 19.7. The number of rotatable bonds is 7. The maximum Gasteiger partial charge on any atom is 0.234 e. The summed E-state index contributed by atoms with van der Waals surface area (Å²) >= 11 is 0. The fourth-order valence-electron chi connectivity index (χ4n) is 1.41. The van der Waals surface area contributed by atoms with E-state index in [9.17, 15) is 9.90 Å². The number of aliphatic hydroxyl groups excluding tert-OH is 1. The van der Waals surface area contributed by atoms with Crippen molar-refractivity contribution in [2.24, 2.45) is 5.92 Å². The second-order valence-corrected chi connectivity index (χ2v) is 4.41. The van der Waals surface area contributed by atoms with E-state index in [2.05, 4.69) is 10.6 Å². The van der Waals surface area contributed by atoms with E-state index in [1.807, 2.05) is 13.8 Å². The maximum atomic E-state index is 11.3. The van der Waals surface area contributed by atoms with Gasteiger partial charge in [0.15, 0.2) is 0 Å². The van der Waals surface area contributed by atoms with Crippen molar-refractivity contribution < 1.29 is 9.90 Å². The van der Waals surface area contributed by atoms with E-state index in [0.29, 0.717) is 19.0 Å². The van der Waals surface area contributed by atoms with Gasteiger partial charge >= 0.3 is 0 Å². The second kappa shape index (κ2) is 6.08. The number of nitrogens with one attached hydrogen (secondary N) is 2. The van der Waals surface area contributed by atoms with Gasteiger partial charge in [0.05, 0.1) is 12.6 Å². The van der Waals surface area contributed by atoms with E-state index in [4.69, 9.17) is 0 Å². The second-order valence-electron chi connectivity index (χ2n) is 4.41. The number of hydrogen-bond donors (Lipinski definition) is 3. The van der Waals surface area contributed by atoms with Gasteiger partial charge in [0, 0.05) is 12.6 Å². The molecule has 1 saturated carbocycles. The SMILES string of the molecule is CCC(C)NC(=O)CNCC(O)C1CC1. The molecule has 0 aromatic carbocycles. The maximum absolute atomic E-state index is 11.3. The summed E-state index contributed by atoms with van der Waals surface area (Å²) in [5, 5.41) is 15.4. The molecule has 1 aliphatic rings. The molecule has 0 saturated heterocycles. The topological polar surface area (TPSA) is 61.4 Å². The number of carbonyl (C=O) groups is 1.